The van der Waals surface area contributed by atoms with Crippen LogP contribution in [0.1, 0.15) is 76.8 Å². The van der Waals surface area contributed by atoms with Gasteiger partial charge in [-0.25, -0.2) is 15.2 Å². The molecule has 2 saturated heterocycles. The Morgan fingerprint density at radius 2 is 1.80 bits per heavy atom. The number of nitrogens with one attached hydrogen (secondary N) is 2. The van der Waals surface area contributed by atoms with Crippen LogP contribution >= 0.6 is 65.3 Å². The topological polar surface area (TPSA) is 154 Å². The second kappa shape index (κ2) is 23.7. The molecule has 0 radical (unpaired) electrons. The van der Waals surface area contributed by atoms with E-state index in [-0.39, 0.29) is 91.1 Å². The molecule has 0 aliphatic carbocycles. The van der Waals surface area contributed by atoms with E-state index in [1.807, 2.05) is 39.3 Å². The summed E-state index contributed by atoms with van der Waals surface area (Å²) in [5.41, 5.74) is 9.39. The minimum atomic E-state index is -1.04. The summed E-state index contributed by atoms with van der Waals surface area (Å²) < 4.78 is 14.2. The van der Waals surface area contributed by atoms with Gasteiger partial charge >= 0.3 is 12.0 Å². The maximum atomic E-state index is 14.6. The van der Waals surface area contributed by atoms with E-state index in [0.717, 1.165) is 57.8 Å². The number of fused-ring (bicyclic) bond motifs is 6. The highest BCUT2D eigenvalue weighted by Gasteiger charge is 2.40. The van der Waals surface area contributed by atoms with Gasteiger partial charge in [-0.1, -0.05) is 33.8 Å². The number of thiazole rings is 1. The number of benzene rings is 1. The van der Waals surface area contributed by atoms with Crippen LogP contribution in [0.5, 0.6) is 0 Å². The molecule has 15 nitrogen and oxygen atoms in total. The average molecular weight is 1010 g/mol. The zero-order valence-electron chi connectivity index (χ0n) is 39.9. The third-order valence-corrected chi connectivity index (χ3v) is 13.5. The SMILES string of the molecule is CCn1c(-c2cccnc2[C@H](C)OC)c2c3cc(ccc31)-c1csc(n1)C[C@H](NC(=O)[C@H](C(C)C)N(C)C(=O)N(C)C1CN(C)C1)C(=O)N1CCC[C@H](N1)C(=O)OCC(C)(C)C2.S.S.S.S. The molecule has 4 atom stereocenters. The first-order chi connectivity index (χ1) is 29.5. The molecule has 2 N–H and O–H groups in total. The van der Waals surface area contributed by atoms with Crippen molar-refractivity contribution in [2.75, 3.05) is 54.5 Å². The van der Waals surface area contributed by atoms with Crippen molar-refractivity contribution in [3.8, 4) is 22.5 Å². The Morgan fingerprint density at radius 1 is 1.09 bits per heavy atom. The van der Waals surface area contributed by atoms with Gasteiger partial charge in [0, 0.05) is 92.8 Å². The summed E-state index contributed by atoms with van der Waals surface area (Å²) >= 11 is 1.43. The van der Waals surface area contributed by atoms with Gasteiger partial charge in [0.05, 0.1) is 40.8 Å². The van der Waals surface area contributed by atoms with Crippen LogP contribution in [0, 0.1) is 11.3 Å². The number of aromatic nitrogens is 3. The first kappa shape index (κ1) is 56.8. The number of ether oxygens (including phenoxy) is 2. The average Bonchev–Trinajstić information content (AvgIpc) is 3.84. The number of nitrogens with zero attached hydrogens (tertiary/aromatic N) is 7. The van der Waals surface area contributed by atoms with Gasteiger partial charge in [0.2, 0.25) is 5.91 Å². The normalized spacial score (nSPS) is 19.7. The number of cyclic esters (lactones) is 1. The smallest absolute Gasteiger partial charge is 0.324 e. The van der Waals surface area contributed by atoms with Crippen LogP contribution in [0.2, 0.25) is 0 Å². The number of likely N-dealkylation sites (tertiary alicyclic amines) is 1. The first-order valence-electron chi connectivity index (χ1n) is 21.8. The standard InChI is InChI=1S/C46H63N9O6S.4H2S/c1-11-54-37-17-16-29-20-32(37)33(41(54)31-14-12-18-47-39(31)28(4)60-10)22-46(5,6)26-61-44(58)34-15-13-19-55(50-34)43(57)35(21-38-48-36(29)25-62-38)49-42(56)40(27(2)3)53(9)45(59)52(8)30-23-51(7)24-30;;;;/h12,14,16-18,20,25,27-28,30,34-35,40,50H,11,13,15,19,21-24,26H2,1-10H3,(H,49,56);4*1H2/t28-,34-,35-,40-;;;;/m0..../s1. The maximum Gasteiger partial charge on any atom is 0.324 e. The number of pyridine rings is 1. The first-order valence-corrected chi connectivity index (χ1v) is 22.7. The number of hydrogen-bond donors (Lipinski definition) is 2. The summed E-state index contributed by atoms with van der Waals surface area (Å²) in [6, 6.07) is 7.61. The number of aryl methyl sites for hydroxylation is 1. The molecule has 0 spiro atoms. The van der Waals surface area contributed by atoms with Gasteiger partial charge in [-0.2, -0.15) is 54.0 Å². The van der Waals surface area contributed by atoms with Gasteiger partial charge < -0.3 is 34.1 Å². The van der Waals surface area contributed by atoms with E-state index in [1.54, 1.807) is 32.3 Å². The number of carbonyl (C=O) groups excluding carboxylic acids is 4. The number of amides is 4. The molecule has 1 aromatic carbocycles. The van der Waals surface area contributed by atoms with Gasteiger partial charge in [0.25, 0.3) is 5.91 Å². The van der Waals surface area contributed by atoms with Gasteiger partial charge in [-0.3, -0.25) is 24.4 Å². The minimum Gasteiger partial charge on any atom is -0.464 e. The van der Waals surface area contributed by atoms with Crippen LogP contribution in [0.3, 0.4) is 0 Å². The molecule has 7 rings (SSSR count). The zero-order valence-corrected chi connectivity index (χ0v) is 44.7. The fourth-order valence-corrected chi connectivity index (χ4v) is 10.0. The van der Waals surface area contributed by atoms with Crippen molar-refractivity contribution in [3.63, 3.8) is 0 Å². The summed E-state index contributed by atoms with van der Waals surface area (Å²) in [5.74, 6) is -1.52. The van der Waals surface area contributed by atoms with Crippen LogP contribution < -0.4 is 10.7 Å². The van der Waals surface area contributed by atoms with E-state index in [1.165, 1.54) is 21.2 Å². The highest BCUT2D eigenvalue weighted by Crippen LogP contribution is 2.42. The second-order valence-corrected chi connectivity index (χ2v) is 19.3. The Labute approximate surface area is 421 Å². The molecule has 3 aliphatic rings. The quantitative estimate of drug-likeness (QED) is 0.192. The van der Waals surface area contributed by atoms with Crippen LogP contribution in [-0.4, -0.2) is 137 Å². The summed E-state index contributed by atoms with van der Waals surface area (Å²) in [4.78, 5) is 71.6. The fourth-order valence-electron chi connectivity index (χ4n) is 9.18. The number of hydrogen-bond acceptors (Lipinski definition) is 11. The van der Waals surface area contributed by atoms with E-state index in [4.69, 9.17) is 19.4 Å². The maximum absolute atomic E-state index is 14.6. The number of urea groups is 1. The van der Waals surface area contributed by atoms with Crippen molar-refractivity contribution in [2.24, 2.45) is 11.3 Å². The van der Waals surface area contributed by atoms with Crippen molar-refractivity contribution in [3.05, 3.63) is 58.2 Å². The monoisotopic (exact) mass is 1010 g/mol. The Kier molecular flexibility index (Phi) is 20.4. The molecule has 3 aliphatic heterocycles. The van der Waals surface area contributed by atoms with E-state index in [0.29, 0.717) is 37.4 Å². The van der Waals surface area contributed by atoms with Crippen molar-refractivity contribution in [1.29, 1.82) is 0 Å². The van der Waals surface area contributed by atoms with Gasteiger partial charge in [0.1, 0.15) is 18.1 Å². The number of esters is 1. The number of likely N-dealkylation sites (N-methyl/N-ethyl adjacent to an activating group) is 3. The zero-order chi connectivity index (χ0) is 44.6. The molecule has 4 aromatic rings. The number of rotatable bonds is 9. The summed E-state index contributed by atoms with van der Waals surface area (Å²) in [7, 11) is 7.10. The molecule has 20 heteroatoms. The number of hydrazine groups is 1. The number of methoxy groups -OCH3 is 1. The van der Waals surface area contributed by atoms with Crippen LogP contribution in [-0.2, 0) is 43.2 Å². The number of carbonyl (C=O) groups is 4. The Morgan fingerprint density at radius 3 is 2.45 bits per heavy atom. The lowest BCUT2D eigenvalue weighted by molar-refractivity contribution is -0.155. The van der Waals surface area contributed by atoms with Gasteiger partial charge in [-0.15, -0.1) is 11.3 Å². The molecule has 0 unspecified atom stereocenters. The molecule has 6 heterocycles. The van der Waals surface area contributed by atoms with E-state index < -0.39 is 41.3 Å². The molecule has 2 fully saturated rings. The highest BCUT2D eigenvalue weighted by atomic mass is 32.1. The molecule has 66 heavy (non-hydrogen) atoms. The third kappa shape index (κ3) is 11.8. The van der Waals surface area contributed by atoms with Gasteiger partial charge in [-0.05, 0) is 75.9 Å². The van der Waals surface area contributed by atoms with Crippen LogP contribution in [0.4, 0.5) is 4.79 Å². The Bertz CT molecular complexity index is 2320. The summed E-state index contributed by atoms with van der Waals surface area (Å²) in [6.45, 7) is 14.9. The van der Waals surface area contributed by atoms with Gasteiger partial charge in [0.15, 0.2) is 0 Å². The van der Waals surface area contributed by atoms with E-state index in [9.17, 15) is 19.2 Å². The second-order valence-electron chi connectivity index (χ2n) is 18.3. The van der Waals surface area contributed by atoms with Crippen molar-refractivity contribution < 1.29 is 28.7 Å². The Balaban J connectivity index is 0.00000289. The molecule has 6 bridgehead atoms. The molecule has 366 valence electrons. The van der Waals surface area contributed by atoms with Crippen LogP contribution in [0.15, 0.2) is 41.9 Å². The molecule has 0 saturated carbocycles. The summed E-state index contributed by atoms with van der Waals surface area (Å²) in [6.07, 6.45) is 3.30. The molecule has 4 amide bonds. The predicted molar refractivity (Wildman–Crippen MR) is 282 cm³/mol. The largest absolute Gasteiger partial charge is 0.464 e. The Hall–Kier alpha value is -3.50. The molecular formula is C46H71N9O6S5. The minimum absolute atomic E-state index is 0. The lowest BCUT2D eigenvalue weighted by atomic mass is 9.84. The third-order valence-electron chi connectivity index (χ3n) is 12.7. The summed E-state index contributed by atoms with van der Waals surface area (Å²) in [5, 5.41) is 8.20. The van der Waals surface area contributed by atoms with E-state index in [2.05, 4.69) is 65.2 Å². The van der Waals surface area contributed by atoms with E-state index >= 15 is 0 Å². The predicted octanol–water partition coefficient (Wildman–Crippen LogP) is 5.98. The molecule has 3 aromatic heterocycles. The fraction of sp³-hybridized carbons (Fsp3) is 0.565. The lowest BCUT2D eigenvalue weighted by Gasteiger charge is -2.44. The molecular weight excluding hydrogens is 935 g/mol. The highest BCUT2D eigenvalue weighted by molar-refractivity contribution is 7.59. The van der Waals surface area contributed by atoms with Crippen molar-refractivity contribution >= 4 is 100 Å². The van der Waals surface area contributed by atoms with Crippen molar-refractivity contribution in [2.45, 2.75) is 104 Å². The van der Waals surface area contributed by atoms with Crippen LogP contribution in [0.25, 0.3) is 33.4 Å². The van der Waals surface area contributed by atoms with Crippen molar-refractivity contribution in [1.82, 2.24) is 45.0 Å². The lowest BCUT2D eigenvalue weighted by Crippen LogP contribution is -2.64.